The van der Waals surface area contributed by atoms with E-state index in [1.165, 1.54) is 0 Å². The predicted molar refractivity (Wildman–Crippen MR) is 69.0 cm³/mol. The average Bonchev–Trinajstić information content (AvgIpc) is 2.71. The van der Waals surface area contributed by atoms with Crippen molar-refractivity contribution in [2.24, 2.45) is 11.7 Å². The van der Waals surface area contributed by atoms with Gasteiger partial charge in [0.05, 0.1) is 0 Å². The van der Waals surface area contributed by atoms with Gasteiger partial charge in [-0.15, -0.1) is 0 Å². The Morgan fingerprint density at radius 2 is 1.94 bits per heavy atom. The number of nitrogens with one attached hydrogen (secondary N) is 1. The normalized spacial score (nSPS) is 21.3. The largest absolute Gasteiger partial charge is 0.480 e. The number of amides is 1. The van der Waals surface area contributed by atoms with E-state index in [0.717, 1.165) is 25.7 Å². The van der Waals surface area contributed by atoms with Crippen molar-refractivity contribution in [2.45, 2.75) is 64.0 Å². The summed E-state index contributed by atoms with van der Waals surface area (Å²) in [6.07, 6.45) is 4.75. The molecule has 104 valence electrons. The van der Waals surface area contributed by atoms with Crippen LogP contribution in [0.4, 0.5) is 0 Å². The third kappa shape index (κ3) is 3.98. The molecule has 0 radical (unpaired) electrons. The summed E-state index contributed by atoms with van der Waals surface area (Å²) in [6, 6.07) is -0.812. The first-order chi connectivity index (χ1) is 8.38. The van der Waals surface area contributed by atoms with Crippen LogP contribution in [-0.2, 0) is 9.59 Å². The number of hydrogen-bond acceptors (Lipinski definition) is 3. The molecule has 0 aromatic carbocycles. The number of nitrogens with two attached hydrogens (primary N) is 1. The molecule has 0 saturated heterocycles. The van der Waals surface area contributed by atoms with Crippen LogP contribution in [0, 0.1) is 5.92 Å². The minimum Gasteiger partial charge on any atom is -0.480 e. The number of carboxylic acids is 1. The fourth-order valence-electron chi connectivity index (χ4n) is 2.48. The molecule has 1 rings (SSSR count). The van der Waals surface area contributed by atoms with Crippen LogP contribution < -0.4 is 11.1 Å². The number of carbonyl (C=O) groups is 2. The lowest BCUT2D eigenvalue weighted by molar-refractivity contribution is -0.143. The lowest BCUT2D eigenvalue weighted by Gasteiger charge is -2.25. The Balaban J connectivity index is 2.53. The van der Waals surface area contributed by atoms with E-state index in [-0.39, 0.29) is 18.2 Å². The summed E-state index contributed by atoms with van der Waals surface area (Å²) in [5.41, 5.74) is 5.68. The zero-order valence-corrected chi connectivity index (χ0v) is 11.2. The third-order valence-electron chi connectivity index (χ3n) is 3.91. The van der Waals surface area contributed by atoms with E-state index >= 15 is 0 Å². The van der Waals surface area contributed by atoms with Crippen molar-refractivity contribution in [3.05, 3.63) is 0 Å². The van der Waals surface area contributed by atoms with Crippen molar-refractivity contribution < 1.29 is 14.7 Å². The van der Waals surface area contributed by atoms with Crippen molar-refractivity contribution >= 4 is 11.9 Å². The monoisotopic (exact) mass is 256 g/mol. The topological polar surface area (TPSA) is 92.4 Å². The molecule has 2 atom stereocenters. The lowest BCUT2D eigenvalue weighted by atomic mass is 9.93. The maximum Gasteiger partial charge on any atom is 0.326 e. The maximum absolute atomic E-state index is 11.9. The molecule has 4 N–H and O–H groups in total. The second kappa shape index (κ2) is 6.18. The summed E-state index contributed by atoms with van der Waals surface area (Å²) < 4.78 is 0. The van der Waals surface area contributed by atoms with Gasteiger partial charge in [-0.3, -0.25) is 4.79 Å². The fraction of sp³-hybridized carbons (Fsp3) is 0.846. The number of carboxylic acid groups (broad SMARTS) is 1. The van der Waals surface area contributed by atoms with E-state index in [9.17, 15) is 9.59 Å². The summed E-state index contributed by atoms with van der Waals surface area (Å²) >= 11 is 0. The summed E-state index contributed by atoms with van der Waals surface area (Å²) in [4.78, 5) is 23.0. The molecule has 0 heterocycles. The van der Waals surface area contributed by atoms with E-state index in [1.54, 1.807) is 0 Å². The second-order valence-electron chi connectivity index (χ2n) is 5.52. The van der Waals surface area contributed by atoms with Crippen LogP contribution in [0.2, 0.25) is 0 Å². The molecule has 5 nitrogen and oxygen atoms in total. The van der Waals surface area contributed by atoms with Gasteiger partial charge in [0.1, 0.15) is 6.04 Å². The highest BCUT2D eigenvalue weighted by Crippen LogP contribution is 2.29. The van der Waals surface area contributed by atoms with E-state index in [2.05, 4.69) is 5.32 Å². The standard InChI is InChI=1S/C13H24N2O3/c1-3-9(2)11(12(17)18)15-10(16)8-13(14)6-4-5-7-13/h9,11H,3-8,14H2,1-2H3,(H,15,16)(H,17,18)/t9-,11-/m0/s1. The van der Waals surface area contributed by atoms with Gasteiger partial charge in [-0.25, -0.2) is 4.79 Å². The van der Waals surface area contributed by atoms with Crippen molar-refractivity contribution in [3.63, 3.8) is 0 Å². The van der Waals surface area contributed by atoms with Gasteiger partial charge in [0, 0.05) is 12.0 Å². The highest BCUT2D eigenvalue weighted by Gasteiger charge is 2.33. The van der Waals surface area contributed by atoms with E-state index in [1.807, 2.05) is 13.8 Å². The molecule has 18 heavy (non-hydrogen) atoms. The molecule has 0 aromatic heterocycles. The van der Waals surface area contributed by atoms with Crippen LogP contribution >= 0.6 is 0 Å². The Hall–Kier alpha value is -1.10. The van der Waals surface area contributed by atoms with Crippen molar-refractivity contribution in [1.29, 1.82) is 0 Å². The van der Waals surface area contributed by atoms with E-state index in [0.29, 0.717) is 6.42 Å². The predicted octanol–water partition coefficient (Wildman–Crippen LogP) is 1.26. The maximum atomic E-state index is 11.9. The smallest absolute Gasteiger partial charge is 0.326 e. The molecule has 1 aliphatic carbocycles. The molecule has 0 unspecified atom stereocenters. The molecule has 0 aliphatic heterocycles. The summed E-state index contributed by atoms with van der Waals surface area (Å²) in [5.74, 6) is -1.30. The summed E-state index contributed by atoms with van der Waals surface area (Å²) in [6.45, 7) is 3.74. The van der Waals surface area contributed by atoms with Crippen molar-refractivity contribution in [3.8, 4) is 0 Å². The van der Waals surface area contributed by atoms with Gasteiger partial charge in [0.15, 0.2) is 0 Å². The molecule has 0 bridgehead atoms. The molecule has 1 amide bonds. The van der Waals surface area contributed by atoms with Crippen LogP contribution in [0.5, 0.6) is 0 Å². The zero-order chi connectivity index (χ0) is 13.8. The highest BCUT2D eigenvalue weighted by molar-refractivity contribution is 5.84. The van der Waals surface area contributed by atoms with Gasteiger partial charge >= 0.3 is 5.97 Å². The van der Waals surface area contributed by atoms with Gasteiger partial charge in [-0.05, 0) is 18.8 Å². The first kappa shape index (κ1) is 15.0. The van der Waals surface area contributed by atoms with Crippen molar-refractivity contribution in [1.82, 2.24) is 5.32 Å². The minimum atomic E-state index is -0.977. The Bertz CT molecular complexity index is 311. The molecular formula is C13H24N2O3. The first-order valence-corrected chi connectivity index (χ1v) is 6.69. The van der Waals surface area contributed by atoms with Gasteiger partial charge in [0.2, 0.25) is 5.91 Å². The van der Waals surface area contributed by atoms with Crippen LogP contribution in [0.1, 0.15) is 52.4 Å². The summed E-state index contributed by atoms with van der Waals surface area (Å²) in [7, 11) is 0. The molecule has 0 spiro atoms. The van der Waals surface area contributed by atoms with Crippen molar-refractivity contribution in [2.75, 3.05) is 0 Å². The van der Waals surface area contributed by atoms with Crippen LogP contribution in [0.3, 0.4) is 0 Å². The molecule has 1 saturated carbocycles. The van der Waals surface area contributed by atoms with Crippen LogP contribution in [0.25, 0.3) is 0 Å². The van der Waals surface area contributed by atoms with E-state index < -0.39 is 17.6 Å². The fourth-order valence-corrected chi connectivity index (χ4v) is 2.48. The number of hydrogen-bond donors (Lipinski definition) is 3. The van der Waals surface area contributed by atoms with Gasteiger partial charge in [0.25, 0.3) is 0 Å². The Morgan fingerprint density at radius 1 is 1.39 bits per heavy atom. The highest BCUT2D eigenvalue weighted by atomic mass is 16.4. The van der Waals surface area contributed by atoms with E-state index in [4.69, 9.17) is 10.8 Å². The second-order valence-corrected chi connectivity index (χ2v) is 5.52. The van der Waals surface area contributed by atoms with Crippen LogP contribution in [0.15, 0.2) is 0 Å². The average molecular weight is 256 g/mol. The van der Waals surface area contributed by atoms with Gasteiger partial charge in [-0.1, -0.05) is 33.1 Å². The zero-order valence-electron chi connectivity index (χ0n) is 11.2. The third-order valence-corrected chi connectivity index (χ3v) is 3.91. The molecule has 5 heteroatoms. The quantitative estimate of drug-likeness (QED) is 0.667. The van der Waals surface area contributed by atoms with Gasteiger partial charge in [-0.2, -0.15) is 0 Å². The molecule has 1 aliphatic rings. The number of rotatable bonds is 6. The lowest BCUT2D eigenvalue weighted by Crippen LogP contribution is -2.49. The molecule has 1 fully saturated rings. The molecule has 0 aromatic rings. The SMILES string of the molecule is CC[C@H](C)[C@H](NC(=O)CC1(N)CCCC1)C(=O)O. The number of carbonyl (C=O) groups excluding carboxylic acids is 1. The van der Waals surface area contributed by atoms with Gasteiger partial charge < -0.3 is 16.2 Å². The molecular weight excluding hydrogens is 232 g/mol. The minimum absolute atomic E-state index is 0.0799. The first-order valence-electron chi connectivity index (χ1n) is 6.69. The van der Waals surface area contributed by atoms with Crippen LogP contribution in [-0.4, -0.2) is 28.6 Å². The Kier molecular flexibility index (Phi) is 5.14. The Labute approximate surface area is 108 Å². The number of aliphatic carboxylic acids is 1. The Morgan fingerprint density at radius 3 is 2.39 bits per heavy atom. The summed E-state index contributed by atoms with van der Waals surface area (Å²) in [5, 5.41) is 11.7.